The zero-order chi connectivity index (χ0) is 5.70. The molecule has 0 aromatic carbocycles. The second kappa shape index (κ2) is 7.17. The van der Waals surface area contributed by atoms with E-state index in [1.54, 1.807) is 0 Å². The van der Waals surface area contributed by atoms with Crippen LogP contribution in [-0.4, -0.2) is 36.6 Å². The molecule has 2 N–H and O–H groups in total. The third-order valence-electron chi connectivity index (χ3n) is 0.741. The predicted molar refractivity (Wildman–Crippen MR) is 32.2 cm³/mol. The van der Waals surface area contributed by atoms with Crippen LogP contribution in [0, 0.1) is 0 Å². The van der Waals surface area contributed by atoms with Crippen molar-refractivity contribution >= 4 is 12.4 Å². The number of aliphatic hydroxyl groups excluding tert-OH is 2. The van der Waals surface area contributed by atoms with Crippen molar-refractivity contribution in [3.05, 3.63) is 0 Å². The summed E-state index contributed by atoms with van der Waals surface area (Å²) in [5, 5.41) is 16.5. The van der Waals surface area contributed by atoms with Crippen LogP contribution in [0.5, 0.6) is 0 Å². The number of hydrogen-bond donors (Lipinski definition) is 2. The molecule has 0 aromatic heterocycles. The zero-order valence-corrected chi connectivity index (χ0v) is 5.52. The van der Waals surface area contributed by atoms with Crippen LogP contribution in [0.1, 0.15) is 0 Å². The van der Waals surface area contributed by atoms with Gasteiger partial charge in [-0.25, -0.2) is 0 Å². The summed E-state index contributed by atoms with van der Waals surface area (Å²) < 4.78 is 4.55. The number of ether oxygens (including phenoxy) is 1. The molecule has 0 saturated heterocycles. The van der Waals surface area contributed by atoms with Crippen LogP contribution >= 0.6 is 12.4 Å². The highest BCUT2D eigenvalue weighted by Gasteiger charge is 1.99. The number of halogens is 1. The maximum Gasteiger partial charge on any atom is 0.103 e. The molecule has 8 heavy (non-hydrogen) atoms. The molecule has 0 aliphatic carbocycles. The molecule has 4 heteroatoms. The van der Waals surface area contributed by atoms with E-state index in [-0.39, 0.29) is 25.6 Å². The van der Waals surface area contributed by atoms with Crippen LogP contribution in [0.3, 0.4) is 0 Å². The van der Waals surface area contributed by atoms with Crippen molar-refractivity contribution < 1.29 is 14.9 Å². The average Bonchev–Trinajstić information content (AvgIpc) is 1.72. The molecule has 0 aliphatic heterocycles. The smallest absolute Gasteiger partial charge is 0.103 e. The van der Waals surface area contributed by atoms with Crippen LogP contribution in [0.25, 0.3) is 0 Å². The molecule has 0 aliphatic rings. The Morgan fingerprint density at radius 2 is 1.75 bits per heavy atom. The molecular formula is C4H11ClO3. The highest BCUT2D eigenvalue weighted by Crippen LogP contribution is 1.82. The Labute approximate surface area is 54.7 Å². The molecule has 0 rings (SSSR count). The lowest BCUT2D eigenvalue weighted by molar-refractivity contribution is 0.00933. The second-order valence-electron chi connectivity index (χ2n) is 1.22. The Bertz CT molecular complexity index is 32.8. The summed E-state index contributed by atoms with van der Waals surface area (Å²) in [6.07, 6.45) is -0.403. The lowest BCUT2D eigenvalue weighted by Gasteiger charge is -2.05. The van der Waals surface area contributed by atoms with Gasteiger partial charge in [0.1, 0.15) is 6.10 Å². The van der Waals surface area contributed by atoms with Gasteiger partial charge in [-0.3, -0.25) is 0 Å². The van der Waals surface area contributed by atoms with E-state index in [0.29, 0.717) is 0 Å². The van der Waals surface area contributed by atoms with Gasteiger partial charge in [-0.05, 0) is 0 Å². The van der Waals surface area contributed by atoms with E-state index in [0.717, 1.165) is 0 Å². The van der Waals surface area contributed by atoms with Crippen LogP contribution < -0.4 is 0 Å². The summed E-state index contributed by atoms with van der Waals surface area (Å²) in [5.41, 5.74) is 0. The summed E-state index contributed by atoms with van der Waals surface area (Å²) >= 11 is 0. The third-order valence-corrected chi connectivity index (χ3v) is 0.741. The van der Waals surface area contributed by atoms with Crippen LogP contribution in [0.4, 0.5) is 0 Å². The Kier molecular flexibility index (Phi) is 9.89. The molecule has 0 spiro atoms. The normalized spacial score (nSPS) is 9.00. The molecule has 0 amide bonds. The first kappa shape index (κ1) is 11.0. The molecular weight excluding hydrogens is 131 g/mol. The Morgan fingerprint density at radius 1 is 1.38 bits per heavy atom. The van der Waals surface area contributed by atoms with E-state index in [9.17, 15) is 0 Å². The average molecular weight is 143 g/mol. The molecule has 0 saturated carbocycles. The second-order valence-corrected chi connectivity index (χ2v) is 1.22. The molecule has 0 atom stereocenters. The van der Waals surface area contributed by atoms with E-state index in [4.69, 9.17) is 10.2 Å². The van der Waals surface area contributed by atoms with Gasteiger partial charge in [0.15, 0.2) is 0 Å². The Balaban J connectivity index is 0. The molecule has 3 nitrogen and oxygen atoms in total. The van der Waals surface area contributed by atoms with Crippen molar-refractivity contribution in [2.75, 3.05) is 20.3 Å². The standard InChI is InChI=1S/C4H10O3.ClH/c1-7-4(2-5)3-6;/h4-6H,2-3H2,1H3;1H. The Morgan fingerprint density at radius 3 is 1.75 bits per heavy atom. The van der Waals surface area contributed by atoms with Gasteiger partial charge >= 0.3 is 0 Å². The Hall–Kier alpha value is 0.170. The number of rotatable bonds is 3. The molecule has 0 bridgehead atoms. The minimum atomic E-state index is -0.403. The fraction of sp³-hybridized carbons (Fsp3) is 1.00. The fourth-order valence-electron chi connectivity index (χ4n) is 0.207. The van der Waals surface area contributed by atoms with Crippen molar-refractivity contribution in [1.29, 1.82) is 0 Å². The lowest BCUT2D eigenvalue weighted by atomic mass is 10.4. The first-order chi connectivity index (χ1) is 3.35. The molecule has 0 aromatic rings. The number of aliphatic hydroxyl groups is 2. The van der Waals surface area contributed by atoms with E-state index in [1.165, 1.54) is 7.11 Å². The molecule has 0 unspecified atom stereocenters. The highest BCUT2D eigenvalue weighted by molar-refractivity contribution is 5.85. The van der Waals surface area contributed by atoms with Gasteiger partial charge in [-0.2, -0.15) is 0 Å². The summed E-state index contributed by atoms with van der Waals surface area (Å²) in [6.45, 7) is -0.236. The molecule has 52 valence electrons. The van der Waals surface area contributed by atoms with Gasteiger partial charge < -0.3 is 14.9 Å². The summed E-state index contributed by atoms with van der Waals surface area (Å²) in [6, 6.07) is 0. The van der Waals surface area contributed by atoms with Crippen LogP contribution in [-0.2, 0) is 4.74 Å². The quantitative estimate of drug-likeness (QED) is 0.554. The third kappa shape index (κ3) is 4.33. The van der Waals surface area contributed by atoms with Crippen molar-refractivity contribution in [2.45, 2.75) is 6.10 Å². The highest BCUT2D eigenvalue weighted by atomic mass is 35.5. The summed E-state index contributed by atoms with van der Waals surface area (Å²) in [4.78, 5) is 0. The van der Waals surface area contributed by atoms with Gasteiger partial charge in [0.05, 0.1) is 13.2 Å². The zero-order valence-electron chi connectivity index (χ0n) is 4.70. The topological polar surface area (TPSA) is 49.7 Å². The summed E-state index contributed by atoms with van der Waals surface area (Å²) in [5.74, 6) is 0. The monoisotopic (exact) mass is 142 g/mol. The SMILES string of the molecule is COC(CO)CO.Cl. The first-order valence-electron chi connectivity index (χ1n) is 2.09. The molecule has 0 fully saturated rings. The van der Waals surface area contributed by atoms with Gasteiger partial charge in [0.2, 0.25) is 0 Å². The van der Waals surface area contributed by atoms with Gasteiger partial charge in [0.25, 0.3) is 0 Å². The fourth-order valence-corrected chi connectivity index (χ4v) is 0.207. The maximum absolute atomic E-state index is 8.24. The summed E-state index contributed by atoms with van der Waals surface area (Å²) in [7, 11) is 1.44. The lowest BCUT2D eigenvalue weighted by Crippen LogP contribution is -2.19. The maximum atomic E-state index is 8.24. The van der Waals surface area contributed by atoms with E-state index in [2.05, 4.69) is 4.74 Å². The van der Waals surface area contributed by atoms with Crippen molar-refractivity contribution in [1.82, 2.24) is 0 Å². The van der Waals surface area contributed by atoms with Crippen LogP contribution in [0.2, 0.25) is 0 Å². The van der Waals surface area contributed by atoms with E-state index < -0.39 is 6.10 Å². The molecule has 0 radical (unpaired) electrons. The van der Waals surface area contributed by atoms with E-state index in [1.807, 2.05) is 0 Å². The largest absolute Gasteiger partial charge is 0.394 e. The van der Waals surface area contributed by atoms with Crippen LogP contribution in [0.15, 0.2) is 0 Å². The van der Waals surface area contributed by atoms with Gasteiger partial charge in [-0.1, -0.05) is 0 Å². The minimum absolute atomic E-state index is 0. The minimum Gasteiger partial charge on any atom is -0.394 e. The van der Waals surface area contributed by atoms with Gasteiger partial charge in [0, 0.05) is 7.11 Å². The number of hydrogen-bond acceptors (Lipinski definition) is 3. The molecule has 0 heterocycles. The number of methoxy groups -OCH3 is 1. The van der Waals surface area contributed by atoms with Crippen molar-refractivity contribution in [3.63, 3.8) is 0 Å². The van der Waals surface area contributed by atoms with Gasteiger partial charge in [-0.15, -0.1) is 12.4 Å². The predicted octanol–water partition coefficient (Wildman–Crippen LogP) is -0.592. The van der Waals surface area contributed by atoms with Crippen molar-refractivity contribution in [2.24, 2.45) is 0 Å². The van der Waals surface area contributed by atoms with Crippen molar-refractivity contribution in [3.8, 4) is 0 Å². The first-order valence-corrected chi connectivity index (χ1v) is 2.09. The van der Waals surface area contributed by atoms with E-state index >= 15 is 0 Å².